The number of hydrogen-bond acceptors (Lipinski definition) is 2. The monoisotopic (exact) mass is 341 g/mol. The first-order chi connectivity index (χ1) is 12.7. The Morgan fingerprint density at radius 2 is 1.46 bits per heavy atom. The molecule has 3 heteroatoms. The maximum absolute atomic E-state index is 12.6. The number of hydrogen-bond donors (Lipinski definition) is 0. The van der Waals surface area contributed by atoms with Gasteiger partial charge in [-0.25, -0.2) is 0 Å². The third kappa shape index (κ3) is 2.58. The first-order valence-corrected chi connectivity index (χ1v) is 8.55. The molecule has 3 aromatic carbocycles. The van der Waals surface area contributed by atoms with E-state index in [9.17, 15) is 4.79 Å². The summed E-state index contributed by atoms with van der Waals surface area (Å²) in [6, 6.07) is 26.1. The van der Waals surface area contributed by atoms with E-state index in [1.807, 2.05) is 66.7 Å². The summed E-state index contributed by atoms with van der Waals surface area (Å²) < 4.78 is 7.23. The smallest absolute Gasteiger partial charge is 0.228 e. The second kappa shape index (κ2) is 6.52. The van der Waals surface area contributed by atoms with E-state index in [0.717, 1.165) is 39.0 Å². The number of methoxy groups -OCH3 is 1. The van der Waals surface area contributed by atoms with Crippen molar-refractivity contribution >= 4 is 16.8 Å². The average molecular weight is 341 g/mol. The van der Waals surface area contributed by atoms with Gasteiger partial charge in [-0.15, -0.1) is 0 Å². The van der Waals surface area contributed by atoms with E-state index in [4.69, 9.17) is 4.74 Å². The van der Waals surface area contributed by atoms with Crippen LogP contribution in [0.1, 0.15) is 11.7 Å². The lowest BCUT2D eigenvalue weighted by molar-refractivity contribution is 0.0943. The Morgan fingerprint density at radius 1 is 0.846 bits per heavy atom. The third-order valence-corrected chi connectivity index (χ3v) is 4.60. The molecular formula is C23H19NO2. The fraction of sp³-hybridized carbons (Fsp3) is 0.0870. The fourth-order valence-corrected chi connectivity index (χ4v) is 3.49. The first-order valence-electron chi connectivity index (χ1n) is 8.55. The third-order valence-electron chi connectivity index (χ3n) is 4.60. The highest BCUT2D eigenvalue weighted by molar-refractivity contribution is 6.10. The molecule has 0 saturated heterocycles. The van der Waals surface area contributed by atoms with Crippen molar-refractivity contribution in [3.05, 3.63) is 78.9 Å². The largest absolute Gasteiger partial charge is 0.497 e. The number of carbonyl (C=O) groups excluding carboxylic acids is 1. The van der Waals surface area contributed by atoms with Crippen molar-refractivity contribution in [2.75, 3.05) is 7.11 Å². The van der Waals surface area contributed by atoms with Crippen molar-refractivity contribution in [3.8, 4) is 28.1 Å². The Balaban J connectivity index is 2.19. The molecule has 128 valence electrons. The molecular weight excluding hydrogens is 322 g/mol. The van der Waals surface area contributed by atoms with Gasteiger partial charge in [-0.1, -0.05) is 60.7 Å². The van der Waals surface area contributed by atoms with Crippen molar-refractivity contribution in [1.29, 1.82) is 0 Å². The van der Waals surface area contributed by atoms with Crippen LogP contribution in [0, 0.1) is 0 Å². The summed E-state index contributed by atoms with van der Waals surface area (Å²) in [7, 11) is 1.66. The molecule has 0 bridgehead atoms. The summed E-state index contributed by atoms with van der Waals surface area (Å²) in [5.41, 5.74) is 4.92. The number of rotatable bonds is 3. The van der Waals surface area contributed by atoms with Gasteiger partial charge in [0, 0.05) is 17.9 Å². The van der Waals surface area contributed by atoms with Crippen molar-refractivity contribution < 1.29 is 9.53 Å². The summed E-state index contributed by atoms with van der Waals surface area (Å²) in [5, 5.41) is 1.00. The van der Waals surface area contributed by atoms with Crippen molar-refractivity contribution in [2.45, 2.75) is 6.92 Å². The first kappa shape index (κ1) is 16.2. The number of ether oxygens (including phenoxy) is 1. The minimum Gasteiger partial charge on any atom is -0.497 e. The normalized spacial score (nSPS) is 10.8. The highest BCUT2D eigenvalue weighted by Crippen LogP contribution is 2.42. The molecule has 0 amide bonds. The van der Waals surface area contributed by atoms with Crippen LogP contribution in [-0.2, 0) is 0 Å². The van der Waals surface area contributed by atoms with Crippen LogP contribution < -0.4 is 4.74 Å². The van der Waals surface area contributed by atoms with Gasteiger partial charge in [0.15, 0.2) is 0 Å². The summed E-state index contributed by atoms with van der Waals surface area (Å²) in [6.07, 6.45) is 0. The van der Waals surface area contributed by atoms with E-state index in [2.05, 4.69) is 12.1 Å². The Kier molecular flexibility index (Phi) is 4.05. The molecule has 1 aromatic heterocycles. The molecule has 0 fully saturated rings. The zero-order valence-corrected chi connectivity index (χ0v) is 14.8. The topological polar surface area (TPSA) is 31.2 Å². The van der Waals surface area contributed by atoms with Gasteiger partial charge in [-0.2, -0.15) is 0 Å². The van der Waals surface area contributed by atoms with E-state index in [1.165, 1.54) is 0 Å². The van der Waals surface area contributed by atoms with Crippen LogP contribution in [0.25, 0.3) is 33.3 Å². The number of fused-ring (bicyclic) bond motifs is 1. The lowest BCUT2D eigenvalue weighted by Gasteiger charge is -2.10. The van der Waals surface area contributed by atoms with Crippen molar-refractivity contribution in [3.63, 3.8) is 0 Å². The zero-order chi connectivity index (χ0) is 18.1. The zero-order valence-electron chi connectivity index (χ0n) is 14.8. The Bertz CT molecular complexity index is 1080. The summed E-state index contributed by atoms with van der Waals surface area (Å²) in [4.78, 5) is 12.6. The second-order valence-corrected chi connectivity index (χ2v) is 6.19. The molecule has 0 aliphatic heterocycles. The molecule has 0 unspecified atom stereocenters. The molecule has 3 nitrogen and oxygen atoms in total. The predicted molar refractivity (Wildman–Crippen MR) is 106 cm³/mol. The van der Waals surface area contributed by atoms with Crippen LogP contribution in [0.2, 0.25) is 0 Å². The number of aromatic nitrogens is 1. The van der Waals surface area contributed by atoms with Gasteiger partial charge in [-0.05, 0) is 29.3 Å². The molecule has 0 aliphatic carbocycles. The van der Waals surface area contributed by atoms with E-state index in [1.54, 1.807) is 18.6 Å². The van der Waals surface area contributed by atoms with E-state index < -0.39 is 0 Å². The van der Waals surface area contributed by atoms with Gasteiger partial charge >= 0.3 is 0 Å². The van der Waals surface area contributed by atoms with Crippen molar-refractivity contribution in [2.24, 2.45) is 0 Å². The van der Waals surface area contributed by atoms with Crippen molar-refractivity contribution in [1.82, 2.24) is 4.57 Å². The molecule has 4 rings (SSSR count). The van der Waals surface area contributed by atoms with Gasteiger partial charge in [0.05, 0.1) is 18.3 Å². The standard InChI is InChI=1S/C23H19NO2/c1-16(25)24-21-14-13-19(26-2)15-20(21)22(17-9-5-3-6-10-17)23(24)18-11-7-4-8-12-18/h3-15H,1-2H3. The number of nitrogens with zero attached hydrogens (tertiary/aromatic N) is 1. The van der Waals surface area contributed by atoms with Gasteiger partial charge in [0.2, 0.25) is 5.91 Å². The molecule has 0 N–H and O–H groups in total. The van der Waals surface area contributed by atoms with Gasteiger partial charge in [0.25, 0.3) is 0 Å². The lowest BCUT2D eigenvalue weighted by Crippen LogP contribution is -2.07. The highest BCUT2D eigenvalue weighted by atomic mass is 16.5. The molecule has 4 aromatic rings. The number of carbonyl (C=O) groups is 1. The minimum atomic E-state index is -0.0128. The quantitative estimate of drug-likeness (QED) is 0.482. The molecule has 0 spiro atoms. The van der Waals surface area contributed by atoms with Crippen LogP contribution in [0.5, 0.6) is 5.75 Å². The van der Waals surface area contributed by atoms with E-state index in [0.29, 0.717) is 0 Å². The Hall–Kier alpha value is -3.33. The molecule has 1 heterocycles. The predicted octanol–water partition coefficient (Wildman–Crippen LogP) is 5.64. The number of benzene rings is 3. The highest BCUT2D eigenvalue weighted by Gasteiger charge is 2.22. The molecule has 0 aliphatic rings. The minimum absolute atomic E-state index is 0.0128. The van der Waals surface area contributed by atoms with Crippen LogP contribution in [0.3, 0.4) is 0 Å². The van der Waals surface area contributed by atoms with Crippen LogP contribution in [0.4, 0.5) is 0 Å². The second-order valence-electron chi connectivity index (χ2n) is 6.19. The van der Waals surface area contributed by atoms with E-state index in [-0.39, 0.29) is 5.91 Å². The van der Waals surface area contributed by atoms with Gasteiger partial charge in [0.1, 0.15) is 5.75 Å². The summed E-state index contributed by atoms with van der Waals surface area (Å²) >= 11 is 0. The SMILES string of the molecule is COc1ccc2c(c1)c(-c1ccccc1)c(-c1ccccc1)n2C(C)=O. The van der Waals surface area contributed by atoms with Crippen LogP contribution in [0.15, 0.2) is 78.9 Å². The summed E-state index contributed by atoms with van der Waals surface area (Å²) in [5.74, 6) is 0.760. The Labute approximate surface area is 152 Å². The Morgan fingerprint density at radius 3 is 2.04 bits per heavy atom. The average Bonchev–Trinajstić information content (AvgIpc) is 3.03. The summed E-state index contributed by atoms with van der Waals surface area (Å²) in [6.45, 7) is 1.60. The fourth-order valence-electron chi connectivity index (χ4n) is 3.49. The molecule has 0 atom stereocenters. The maximum atomic E-state index is 12.6. The lowest BCUT2D eigenvalue weighted by atomic mass is 9.98. The molecule has 0 radical (unpaired) electrons. The van der Waals surface area contributed by atoms with Gasteiger partial charge < -0.3 is 4.74 Å². The van der Waals surface area contributed by atoms with E-state index >= 15 is 0 Å². The van der Waals surface area contributed by atoms with Crippen LogP contribution in [-0.4, -0.2) is 17.6 Å². The maximum Gasteiger partial charge on any atom is 0.228 e. The molecule has 26 heavy (non-hydrogen) atoms. The van der Waals surface area contributed by atoms with Gasteiger partial charge in [-0.3, -0.25) is 9.36 Å². The van der Waals surface area contributed by atoms with Crippen LogP contribution >= 0.6 is 0 Å². The molecule has 0 saturated carbocycles.